The lowest BCUT2D eigenvalue weighted by Gasteiger charge is -2.20. The molecule has 0 aromatic carbocycles. The molecule has 0 aliphatic heterocycles. The number of carbonyl (C=O) groups excluding carboxylic acids is 1. The van der Waals surface area contributed by atoms with Crippen LogP contribution in [0.25, 0.3) is 0 Å². The fraction of sp³-hybridized carbons (Fsp3) is 0.667. The van der Waals surface area contributed by atoms with Crippen LogP contribution in [0.1, 0.15) is 73.6 Å². The number of ketones is 1. The lowest BCUT2D eigenvalue weighted by molar-refractivity contribution is -0.112. The maximum absolute atomic E-state index is 12.9. The van der Waals surface area contributed by atoms with Crippen molar-refractivity contribution in [2.75, 3.05) is 0 Å². The predicted molar refractivity (Wildman–Crippen MR) is 93.4 cm³/mol. The summed E-state index contributed by atoms with van der Waals surface area (Å²) in [5.41, 5.74) is 2.61. The first kappa shape index (κ1) is 17.1. The molecule has 0 heterocycles. The average molecular weight is 298 g/mol. The largest absolute Gasteiger partial charge is 0.288 e. The summed E-state index contributed by atoms with van der Waals surface area (Å²) in [5.74, 6) is 7.33. The van der Waals surface area contributed by atoms with Crippen molar-refractivity contribution in [2.45, 2.75) is 73.6 Å². The lowest BCUT2D eigenvalue weighted by Crippen LogP contribution is -2.16. The number of Topliss-reactive ketones (excluding diaryl/α,β-unsaturated/α-hetero) is 1. The summed E-state index contributed by atoms with van der Waals surface area (Å²) in [4.78, 5) is 12.9. The fourth-order valence-corrected chi connectivity index (χ4v) is 3.23. The van der Waals surface area contributed by atoms with Gasteiger partial charge in [-0.15, -0.1) is 0 Å². The van der Waals surface area contributed by atoms with Crippen molar-refractivity contribution in [3.63, 3.8) is 0 Å². The van der Waals surface area contributed by atoms with E-state index in [-0.39, 0.29) is 16.6 Å². The molecule has 1 nitrogen and oxygen atoms in total. The van der Waals surface area contributed by atoms with E-state index >= 15 is 0 Å². The number of rotatable bonds is 0. The summed E-state index contributed by atoms with van der Waals surface area (Å²) < 4.78 is 0. The summed E-state index contributed by atoms with van der Waals surface area (Å²) in [6, 6.07) is 0. The summed E-state index contributed by atoms with van der Waals surface area (Å²) in [6.45, 7) is 12.8. The Labute approximate surface area is 136 Å². The van der Waals surface area contributed by atoms with Gasteiger partial charge in [0.25, 0.3) is 0 Å². The van der Waals surface area contributed by atoms with Crippen molar-refractivity contribution in [3.8, 4) is 11.8 Å². The molecule has 0 bridgehead atoms. The van der Waals surface area contributed by atoms with Gasteiger partial charge in [0.2, 0.25) is 0 Å². The van der Waals surface area contributed by atoms with Crippen LogP contribution in [-0.4, -0.2) is 5.78 Å². The van der Waals surface area contributed by atoms with Crippen molar-refractivity contribution in [2.24, 2.45) is 16.7 Å². The third-order valence-corrected chi connectivity index (χ3v) is 4.65. The molecule has 0 amide bonds. The summed E-state index contributed by atoms with van der Waals surface area (Å²) in [6.07, 6.45) is 8.39. The molecule has 0 radical (unpaired) electrons. The van der Waals surface area contributed by atoms with E-state index in [4.69, 9.17) is 0 Å². The molecule has 0 aromatic rings. The van der Waals surface area contributed by atoms with E-state index in [1.54, 1.807) is 0 Å². The minimum Gasteiger partial charge on any atom is -0.288 e. The smallest absolute Gasteiger partial charge is 0.198 e. The monoisotopic (exact) mass is 298 g/mol. The molecule has 1 fully saturated rings. The highest BCUT2D eigenvalue weighted by molar-refractivity contribution is 6.16. The van der Waals surface area contributed by atoms with Crippen LogP contribution in [0.15, 0.2) is 22.8 Å². The highest BCUT2D eigenvalue weighted by atomic mass is 16.1. The standard InChI is InChI=1S/C21H30O/c1-20(2,3)17-14-18(21(4,5)6)19(22)16(17)13-12-15-10-8-7-9-11-15/h14-15H,7-11H2,1-6H3. The van der Waals surface area contributed by atoms with Crippen LogP contribution in [0.3, 0.4) is 0 Å². The summed E-state index contributed by atoms with van der Waals surface area (Å²) >= 11 is 0. The molecule has 2 aliphatic carbocycles. The number of hydrogen-bond acceptors (Lipinski definition) is 1. The number of allylic oxidation sites excluding steroid dienone is 4. The third kappa shape index (κ3) is 3.72. The van der Waals surface area contributed by atoms with Crippen LogP contribution in [0.4, 0.5) is 0 Å². The highest BCUT2D eigenvalue weighted by Crippen LogP contribution is 2.41. The molecule has 0 spiro atoms. The van der Waals surface area contributed by atoms with Gasteiger partial charge >= 0.3 is 0 Å². The predicted octanol–water partition coefficient (Wildman–Crippen LogP) is 5.47. The first-order valence-electron chi connectivity index (χ1n) is 8.64. The van der Waals surface area contributed by atoms with Gasteiger partial charge in [0.15, 0.2) is 5.78 Å². The lowest BCUT2D eigenvalue weighted by atomic mass is 9.83. The molecular weight excluding hydrogens is 268 g/mol. The zero-order valence-electron chi connectivity index (χ0n) is 15.1. The second-order valence-electron chi connectivity index (χ2n) is 8.78. The second kappa shape index (κ2) is 6.07. The molecule has 2 rings (SSSR count). The zero-order valence-corrected chi connectivity index (χ0v) is 15.1. The van der Waals surface area contributed by atoms with E-state index < -0.39 is 0 Å². The Morgan fingerprint density at radius 1 is 0.955 bits per heavy atom. The van der Waals surface area contributed by atoms with Crippen molar-refractivity contribution >= 4 is 5.78 Å². The van der Waals surface area contributed by atoms with E-state index in [0.29, 0.717) is 5.92 Å². The van der Waals surface area contributed by atoms with Crippen LogP contribution in [0.2, 0.25) is 0 Å². The number of carbonyl (C=O) groups is 1. The van der Waals surface area contributed by atoms with E-state index in [2.05, 4.69) is 59.5 Å². The maximum Gasteiger partial charge on any atom is 0.198 e. The molecule has 0 N–H and O–H groups in total. The van der Waals surface area contributed by atoms with Gasteiger partial charge in [0.05, 0.1) is 5.57 Å². The average Bonchev–Trinajstić information content (AvgIpc) is 2.74. The highest BCUT2D eigenvalue weighted by Gasteiger charge is 2.35. The normalized spacial score (nSPS) is 20.8. The van der Waals surface area contributed by atoms with Gasteiger partial charge < -0.3 is 0 Å². The van der Waals surface area contributed by atoms with Crippen LogP contribution in [0, 0.1) is 28.6 Å². The van der Waals surface area contributed by atoms with Gasteiger partial charge in [-0.05, 0) is 35.3 Å². The van der Waals surface area contributed by atoms with Gasteiger partial charge in [-0.25, -0.2) is 0 Å². The Bertz CT molecular complexity index is 570. The van der Waals surface area contributed by atoms with Crippen molar-refractivity contribution in [3.05, 3.63) is 22.8 Å². The van der Waals surface area contributed by atoms with Crippen LogP contribution < -0.4 is 0 Å². The molecule has 0 atom stereocenters. The Morgan fingerprint density at radius 2 is 1.55 bits per heavy atom. The van der Waals surface area contributed by atoms with Crippen LogP contribution in [-0.2, 0) is 4.79 Å². The fourth-order valence-electron chi connectivity index (χ4n) is 3.23. The second-order valence-corrected chi connectivity index (χ2v) is 8.78. The van der Waals surface area contributed by atoms with E-state index in [9.17, 15) is 4.79 Å². The topological polar surface area (TPSA) is 17.1 Å². The Balaban J connectivity index is 2.35. The molecule has 1 heteroatoms. The van der Waals surface area contributed by atoms with E-state index in [1.807, 2.05) is 0 Å². The van der Waals surface area contributed by atoms with Crippen molar-refractivity contribution in [1.29, 1.82) is 0 Å². The quantitative estimate of drug-likeness (QED) is 0.542. The third-order valence-electron chi connectivity index (χ3n) is 4.65. The van der Waals surface area contributed by atoms with E-state index in [0.717, 1.165) is 16.7 Å². The summed E-state index contributed by atoms with van der Waals surface area (Å²) in [7, 11) is 0. The SMILES string of the molecule is CC(C)(C)C1=CC(C(C)(C)C)=C(C#CC2CCCCC2)C1=O. The first-order chi connectivity index (χ1) is 10.1. The van der Waals surface area contributed by atoms with Gasteiger partial charge in [-0.2, -0.15) is 0 Å². The molecular formula is C21H30O. The molecule has 2 aliphatic rings. The minimum absolute atomic E-state index is 0.0424. The first-order valence-corrected chi connectivity index (χ1v) is 8.64. The van der Waals surface area contributed by atoms with Crippen molar-refractivity contribution in [1.82, 2.24) is 0 Å². The Morgan fingerprint density at radius 3 is 2.05 bits per heavy atom. The van der Waals surface area contributed by atoms with Gasteiger partial charge in [0, 0.05) is 11.5 Å². The van der Waals surface area contributed by atoms with E-state index in [1.165, 1.54) is 32.1 Å². The number of hydrogen-bond donors (Lipinski definition) is 0. The van der Waals surface area contributed by atoms with Gasteiger partial charge in [0.1, 0.15) is 0 Å². The van der Waals surface area contributed by atoms with Gasteiger partial charge in [-0.3, -0.25) is 4.79 Å². The molecule has 1 saturated carbocycles. The molecule has 0 unspecified atom stereocenters. The molecule has 0 saturated heterocycles. The Kier molecular flexibility index (Phi) is 4.71. The molecule has 22 heavy (non-hydrogen) atoms. The molecule has 120 valence electrons. The van der Waals surface area contributed by atoms with Crippen molar-refractivity contribution < 1.29 is 4.79 Å². The maximum atomic E-state index is 12.9. The van der Waals surface area contributed by atoms with Crippen LogP contribution in [0.5, 0.6) is 0 Å². The summed E-state index contributed by atoms with van der Waals surface area (Å²) in [5, 5.41) is 0. The zero-order chi connectivity index (χ0) is 16.5. The van der Waals surface area contributed by atoms with Gasteiger partial charge in [-0.1, -0.05) is 72.6 Å². The Hall–Kier alpha value is -1.29. The van der Waals surface area contributed by atoms with Crippen LogP contribution >= 0.6 is 0 Å². The minimum atomic E-state index is -0.123. The molecule has 0 aromatic heterocycles.